The summed E-state index contributed by atoms with van der Waals surface area (Å²) in [5.41, 5.74) is 0. The van der Waals surface area contributed by atoms with Crippen LogP contribution in [0.3, 0.4) is 0 Å². The Morgan fingerprint density at radius 2 is 1.94 bits per heavy atom. The van der Waals surface area contributed by atoms with Crippen molar-refractivity contribution in [1.82, 2.24) is 0 Å². The molecule has 1 fully saturated rings. The van der Waals surface area contributed by atoms with Gasteiger partial charge >= 0.3 is 0 Å². The first-order valence-electron chi connectivity index (χ1n) is 6.26. The van der Waals surface area contributed by atoms with Crippen LogP contribution in [0.2, 0.25) is 0 Å². The lowest BCUT2D eigenvalue weighted by Crippen LogP contribution is -2.30. The van der Waals surface area contributed by atoms with Crippen LogP contribution in [0, 0.1) is 11.8 Å². The van der Waals surface area contributed by atoms with E-state index in [4.69, 9.17) is 9.47 Å². The second kappa shape index (κ2) is 6.62. The number of hydrogen-bond acceptors (Lipinski definition) is 3. The summed E-state index contributed by atoms with van der Waals surface area (Å²) < 4.78 is 11.0. The minimum Gasteiger partial charge on any atom is -0.493 e. The van der Waals surface area contributed by atoms with Gasteiger partial charge in [-0.1, -0.05) is 18.2 Å². The zero-order valence-electron chi connectivity index (χ0n) is 10.0. The standard InChI is InChI=1S/C14H20O3/c15-10-13(12-6-8-16-9-7-12)11-17-14-4-2-1-3-5-14/h1-5,12-13,15H,6-11H2. The number of aliphatic hydroxyl groups is 1. The third-order valence-electron chi connectivity index (χ3n) is 3.37. The normalized spacial score (nSPS) is 18.9. The quantitative estimate of drug-likeness (QED) is 0.851. The van der Waals surface area contributed by atoms with Gasteiger partial charge in [0, 0.05) is 25.7 Å². The van der Waals surface area contributed by atoms with Crippen molar-refractivity contribution in [3.8, 4) is 5.75 Å². The number of benzene rings is 1. The van der Waals surface area contributed by atoms with Crippen LogP contribution < -0.4 is 4.74 Å². The molecule has 2 rings (SSSR count). The Morgan fingerprint density at radius 3 is 2.59 bits per heavy atom. The van der Waals surface area contributed by atoms with Crippen molar-refractivity contribution in [2.75, 3.05) is 26.4 Å². The van der Waals surface area contributed by atoms with E-state index < -0.39 is 0 Å². The average Bonchev–Trinajstić information content (AvgIpc) is 2.42. The molecule has 0 saturated carbocycles. The van der Waals surface area contributed by atoms with Gasteiger partial charge in [0.15, 0.2) is 0 Å². The van der Waals surface area contributed by atoms with Gasteiger partial charge < -0.3 is 14.6 Å². The largest absolute Gasteiger partial charge is 0.493 e. The Hall–Kier alpha value is -1.06. The molecule has 1 aromatic carbocycles. The Labute approximate surface area is 102 Å². The maximum Gasteiger partial charge on any atom is 0.119 e. The fraction of sp³-hybridized carbons (Fsp3) is 0.571. The molecule has 1 aliphatic rings. The van der Waals surface area contributed by atoms with E-state index in [0.29, 0.717) is 12.5 Å². The highest BCUT2D eigenvalue weighted by molar-refractivity contribution is 5.20. The van der Waals surface area contributed by atoms with E-state index in [9.17, 15) is 5.11 Å². The van der Waals surface area contributed by atoms with Gasteiger partial charge in [0.1, 0.15) is 5.75 Å². The number of rotatable bonds is 5. The Kier molecular flexibility index (Phi) is 4.83. The van der Waals surface area contributed by atoms with Crippen LogP contribution in [-0.4, -0.2) is 31.5 Å². The number of para-hydroxylation sites is 1. The molecule has 1 heterocycles. The van der Waals surface area contributed by atoms with Gasteiger partial charge in [-0.25, -0.2) is 0 Å². The summed E-state index contributed by atoms with van der Waals surface area (Å²) in [5, 5.41) is 9.44. The molecule has 3 nitrogen and oxygen atoms in total. The topological polar surface area (TPSA) is 38.7 Å². The van der Waals surface area contributed by atoms with Crippen molar-refractivity contribution in [2.24, 2.45) is 11.8 Å². The second-order valence-electron chi connectivity index (χ2n) is 4.52. The molecule has 1 saturated heterocycles. The molecular formula is C14H20O3. The Bertz CT molecular complexity index is 307. The number of ether oxygens (including phenoxy) is 2. The van der Waals surface area contributed by atoms with Crippen LogP contribution in [0.25, 0.3) is 0 Å². The number of hydrogen-bond donors (Lipinski definition) is 1. The molecule has 0 aliphatic carbocycles. The molecule has 1 unspecified atom stereocenters. The van der Waals surface area contributed by atoms with Gasteiger partial charge in [0.25, 0.3) is 0 Å². The van der Waals surface area contributed by atoms with Crippen LogP contribution in [0.5, 0.6) is 5.75 Å². The molecule has 1 aliphatic heterocycles. The molecule has 1 N–H and O–H groups in total. The summed E-state index contributed by atoms with van der Waals surface area (Å²) in [6.45, 7) is 2.40. The van der Waals surface area contributed by atoms with E-state index in [1.54, 1.807) is 0 Å². The third kappa shape index (κ3) is 3.72. The molecule has 3 heteroatoms. The van der Waals surface area contributed by atoms with E-state index in [-0.39, 0.29) is 12.5 Å². The van der Waals surface area contributed by atoms with Gasteiger partial charge in [0.05, 0.1) is 6.61 Å². The lowest BCUT2D eigenvalue weighted by molar-refractivity contribution is 0.0199. The van der Waals surface area contributed by atoms with Crippen molar-refractivity contribution in [3.05, 3.63) is 30.3 Å². The van der Waals surface area contributed by atoms with E-state index >= 15 is 0 Å². The van der Waals surface area contributed by atoms with Crippen molar-refractivity contribution in [2.45, 2.75) is 12.8 Å². The molecule has 0 amide bonds. The molecule has 17 heavy (non-hydrogen) atoms. The SMILES string of the molecule is OCC(COc1ccccc1)C1CCOCC1. The lowest BCUT2D eigenvalue weighted by Gasteiger charge is -2.28. The molecular weight excluding hydrogens is 216 g/mol. The maximum atomic E-state index is 9.44. The summed E-state index contributed by atoms with van der Waals surface area (Å²) in [4.78, 5) is 0. The second-order valence-corrected chi connectivity index (χ2v) is 4.52. The molecule has 0 aromatic heterocycles. The van der Waals surface area contributed by atoms with E-state index in [2.05, 4.69) is 0 Å². The molecule has 94 valence electrons. The van der Waals surface area contributed by atoms with Crippen molar-refractivity contribution < 1.29 is 14.6 Å². The highest BCUT2D eigenvalue weighted by atomic mass is 16.5. The Balaban J connectivity index is 1.82. The molecule has 1 atom stereocenters. The average molecular weight is 236 g/mol. The van der Waals surface area contributed by atoms with Crippen molar-refractivity contribution in [1.29, 1.82) is 0 Å². The van der Waals surface area contributed by atoms with Crippen molar-refractivity contribution >= 4 is 0 Å². The third-order valence-corrected chi connectivity index (χ3v) is 3.37. The van der Waals surface area contributed by atoms with Crippen LogP contribution in [0.4, 0.5) is 0 Å². The summed E-state index contributed by atoms with van der Waals surface area (Å²) in [6, 6.07) is 9.77. The minimum absolute atomic E-state index is 0.192. The fourth-order valence-electron chi connectivity index (χ4n) is 2.25. The van der Waals surface area contributed by atoms with E-state index in [1.165, 1.54) is 0 Å². The smallest absolute Gasteiger partial charge is 0.119 e. The monoisotopic (exact) mass is 236 g/mol. The van der Waals surface area contributed by atoms with Crippen molar-refractivity contribution in [3.63, 3.8) is 0 Å². The van der Waals surface area contributed by atoms with E-state index in [1.807, 2.05) is 30.3 Å². The van der Waals surface area contributed by atoms with Gasteiger partial charge in [-0.05, 0) is 30.9 Å². The fourth-order valence-corrected chi connectivity index (χ4v) is 2.25. The maximum absolute atomic E-state index is 9.44. The van der Waals surface area contributed by atoms with E-state index in [0.717, 1.165) is 31.8 Å². The minimum atomic E-state index is 0.192. The summed E-state index contributed by atoms with van der Waals surface area (Å²) in [5.74, 6) is 1.62. The number of aliphatic hydroxyl groups excluding tert-OH is 1. The van der Waals surface area contributed by atoms with Crippen LogP contribution in [0.15, 0.2) is 30.3 Å². The molecule has 1 aromatic rings. The highest BCUT2D eigenvalue weighted by Crippen LogP contribution is 2.24. The van der Waals surface area contributed by atoms with Crippen LogP contribution >= 0.6 is 0 Å². The van der Waals surface area contributed by atoms with Crippen LogP contribution in [-0.2, 0) is 4.74 Å². The summed E-state index contributed by atoms with van der Waals surface area (Å²) in [6.07, 6.45) is 2.06. The predicted molar refractivity (Wildman–Crippen MR) is 66.1 cm³/mol. The van der Waals surface area contributed by atoms with Gasteiger partial charge in [-0.15, -0.1) is 0 Å². The van der Waals surface area contributed by atoms with Gasteiger partial charge in [0.2, 0.25) is 0 Å². The molecule has 0 spiro atoms. The zero-order valence-corrected chi connectivity index (χ0v) is 10.0. The highest BCUT2D eigenvalue weighted by Gasteiger charge is 2.23. The predicted octanol–water partition coefficient (Wildman–Crippen LogP) is 2.10. The lowest BCUT2D eigenvalue weighted by atomic mass is 9.87. The molecule has 0 bridgehead atoms. The summed E-state index contributed by atoms with van der Waals surface area (Å²) >= 11 is 0. The zero-order chi connectivity index (χ0) is 11.9. The van der Waals surface area contributed by atoms with Crippen LogP contribution in [0.1, 0.15) is 12.8 Å². The first kappa shape index (κ1) is 12.4. The van der Waals surface area contributed by atoms with Gasteiger partial charge in [-0.3, -0.25) is 0 Å². The summed E-state index contributed by atoms with van der Waals surface area (Å²) in [7, 11) is 0. The first-order chi connectivity index (χ1) is 8.40. The van der Waals surface area contributed by atoms with Gasteiger partial charge in [-0.2, -0.15) is 0 Å². The molecule has 0 radical (unpaired) electrons. The Morgan fingerprint density at radius 1 is 1.24 bits per heavy atom. The first-order valence-corrected chi connectivity index (χ1v) is 6.26.